The fourth-order valence-electron chi connectivity index (χ4n) is 1.73. The highest BCUT2D eigenvalue weighted by atomic mass is 32.2. The molecule has 0 unspecified atom stereocenters. The lowest BCUT2D eigenvalue weighted by atomic mass is 10.2. The van der Waals surface area contributed by atoms with Gasteiger partial charge in [-0.05, 0) is 18.9 Å². The molecule has 1 heterocycles. The summed E-state index contributed by atoms with van der Waals surface area (Å²) < 4.78 is 0. The number of rotatable bonds is 6. The summed E-state index contributed by atoms with van der Waals surface area (Å²) in [6.45, 7) is 4.04. The van der Waals surface area contributed by atoms with Crippen molar-refractivity contribution in [1.29, 1.82) is 10.5 Å². The molecule has 0 atom stereocenters. The summed E-state index contributed by atoms with van der Waals surface area (Å²) in [5.74, 6) is 0.292. The minimum absolute atomic E-state index is 0.0890. The van der Waals surface area contributed by atoms with Crippen LogP contribution >= 0.6 is 11.8 Å². The average molecular weight is 304 g/mol. The van der Waals surface area contributed by atoms with Crippen molar-refractivity contribution in [3.05, 3.63) is 17.2 Å². The second-order valence-electron chi connectivity index (χ2n) is 4.43. The van der Waals surface area contributed by atoms with Crippen LogP contribution in [-0.4, -0.2) is 17.7 Å². The second-order valence-corrected chi connectivity index (χ2v) is 5.42. The molecule has 0 aliphatic heterocycles. The molecule has 0 bridgehead atoms. The molecule has 21 heavy (non-hydrogen) atoms. The summed E-state index contributed by atoms with van der Waals surface area (Å²) in [6, 6.07) is 5.49. The number of carbonyl (C=O) groups excluding carboxylic acids is 1. The average Bonchev–Trinajstić information content (AvgIpc) is 2.50. The van der Waals surface area contributed by atoms with Gasteiger partial charge in [0.1, 0.15) is 23.3 Å². The normalized spacial score (nSPS) is 9.95. The van der Waals surface area contributed by atoms with Crippen molar-refractivity contribution < 1.29 is 9.78 Å². The number of amides is 1. The van der Waals surface area contributed by atoms with E-state index in [0.717, 1.165) is 12.8 Å². The highest BCUT2D eigenvalue weighted by molar-refractivity contribution is 7.99. The SMILES string of the molecule is CCC(CC)NC(=O)CSc1[nH+]c(N)c(C#N)cc1C#N. The van der Waals surface area contributed by atoms with Crippen LogP contribution in [0.5, 0.6) is 0 Å². The molecule has 1 aromatic heterocycles. The van der Waals surface area contributed by atoms with E-state index in [-0.39, 0.29) is 29.1 Å². The number of anilines is 1. The number of aromatic nitrogens is 1. The van der Waals surface area contributed by atoms with Crippen LogP contribution < -0.4 is 16.0 Å². The summed E-state index contributed by atoms with van der Waals surface area (Å²) in [5, 5.41) is 21.4. The molecule has 1 amide bonds. The zero-order valence-corrected chi connectivity index (χ0v) is 12.9. The van der Waals surface area contributed by atoms with Crippen molar-refractivity contribution in [1.82, 2.24) is 5.32 Å². The standard InChI is InChI=1S/C14H17N5OS/c1-3-11(4-2)18-12(20)8-21-14-10(7-16)5-9(6-15)13(17)19-14/h5,11H,3-4,8H2,1-2H3,(H2,17,19)(H,18,20)/p+1. The molecule has 1 rings (SSSR count). The van der Waals surface area contributed by atoms with Gasteiger partial charge in [0.2, 0.25) is 5.91 Å². The van der Waals surface area contributed by atoms with E-state index < -0.39 is 0 Å². The zero-order chi connectivity index (χ0) is 15.8. The number of thioether (sulfide) groups is 1. The van der Waals surface area contributed by atoms with Gasteiger partial charge in [0, 0.05) is 6.04 Å². The number of nitrogens with two attached hydrogens (primary N) is 1. The summed E-state index contributed by atoms with van der Waals surface area (Å²) in [6.07, 6.45) is 1.76. The van der Waals surface area contributed by atoms with E-state index in [0.29, 0.717) is 10.6 Å². The molecule has 0 fully saturated rings. The first kappa shape index (κ1) is 16.8. The number of nitrogens with zero attached hydrogens (tertiary/aromatic N) is 2. The van der Waals surface area contributed by atoms with Crippen LogP contribution in [-0.2, 0) is 4.79 Å². The van der Waals surface area contributed by atoms with Crippen LogP contribution in [0.1, 0.15) is 37.8 Å². The Labute approximate surface area is 128 Å². The molecule has 6 nitrogen and oxygen atoms in total. The van der Waals surface area contributed by atoms with Crippen LogP contribution in [0.15, 0.2) is 11.1 Å². The van der Waals surface area contributed by atoms with E-state index >= 15 is 0 Å². The lowest BCUT2D eigenvalue weighted by Crippen LogP contribution is -2.35. The van der Waals surface area contributed by atoms with E-state index in [4.69, 9.17) is 16.3 Å². The van der Waals surface area contributed by atoms with Crippen molar-refractivity contribution >= 4 is 23.5 Å². The minimum Gasteiger partial charge on any atom is -0.353 e. The third kappa shape index (κ3) is 4.66. The first-order valence-electron chi connectivity index (χ1n) is 6.63. The molecule has 0 saturated carbocycles. The number of nitrogens with one attached hydrogen (secondary N) is 2. The molecular formula is C14H18N5OS+. The van der Waals surface area contributed by atoms with E-state index in [9.17, 15) is 4.79 Å². The molecule has 0 radical (unpaired) electrons. The first-order valence-corrected chi connectivity index (χ1v) is 7.62. The van der Waals surface area contributed by atoms with Crippen LogP contribution in [0.25, 0.3) is 0 Å². The first-order chi connectivity index (χ1) is 10.0. The molecule has 4 N–H and O–H groups in total. The van der Waals surface area contributed by atoms with Gasteiger partial charge in [-0.1, -0.05) is 25.6 Å². The maximum Gasteiger partial charge on any atom is 0.289 e. The molecule has 0 spiro atoms. The fraction of sp³-hybridized carbons (Fsp3) is 0.429. The van der Waals surface area contributed by atoms with Gasteiger partial charge in [-0.2, -0.15) is 10.5 Å². The van der Waals surface area contributed by atoms with Gasteiger partial charge in [-0.3, -0.25) is 10.5 Å². The molecule has 7 heteroatoms. The monoisotopic (exact) mass is 304 g/mol. The van der Waals surface area contributed by atoms with Crippen molar-refractivity contribution in [2.75, 3.05) is 11.5 Å². The molecular weight excluding hydrogens is 286 g/mol. The van der Waals surface area contributed by atoms with Crippen molar-refractivity contribution in [3.8, 4) is 12.1 Å². The molecule has 1 aromatic rings. The quantitative estimate of drug-likeness (QED) is 0.766. The maximum atomic E-state index is 11.8. The van der Waals surface area contributed by atoms with Crippen molar-refractivity contribution in [3.63, 3.8) is 0 Å². The van der Waals surface area contributed by atoms with Gasteiger partial charge in [0.05, 0.1) is 5.75 Å². The topological polar surface area (TPSA) is 117 Å². The Bertz CT molecular complexity index is 599. The van der Waals surface area contributed by atoms with Gasteiger partial charge in [-0.25, -0.2) is 4.98 Å². The number of hydrogen-bond donors (Lipinski definition) is 2. The van der Waals surface area contributed by atoms with Crippen LogP contribution in [0.3, 0.4) is 0 Å². The molecule has 0 aliphatic rings. The summed E-state index contributed by atoms with van der Waals surface area (Å²) in [4.78, 5) is 14.6. The van der Waals surface area contributed by atoms with Crippen molar-refractivity contribution in [2.45, 2.75) is 37.8 Å². The lowest BCUT2D eigenvalue weighted by molar-refractivity contribution is -0.410. The molecule has 0 saturated heterocycles. The number of hydrogen-bond acceptors (Lipinski definition) is 5. The number of pyridine rings is 1. The second kappa shape index (κ2) is 8.13. The lowest BCUT2D eigenvalue weighted by Gasteiger charge is -2.14. The van der Waals surface area contributed by atoms with E-state index in [2.05, 4.69) is 10.3 Å². The third-order valence-electron chi connectivity index (χ3n) is 3.01. The Kier molecular flexibility index (Phi) is 6.51. The third-order valence-corrected chi connectivity index (χ3v) is 4.03. The Balaban J connectivity index is 2.76. The Hall–Kier alpha value is -2.25. The largest absolute Gasteiger partial charge is 0.353 e. The van der Waals surface area contributed by atoms with Gasteiger partial charge >= 0.3 is 0 Å². The number of nitrogen functional groups attached to an aromatic ring is 1. The Morgan fingerprint density at radius 1 is 1.38 bits per heavy atom. The minimum atomic E-state index is -0.0890. The summed E-state index contributed by atoms with van der Waals surface area (Å²) in [5.41, 5.74) is 6.21. The number of nitriles is 2. The van der Waals surface area contributed by atoms with E-state index in [1.807, 2.05) is 26.0 Å². The maximum absolute atomic E-state index is 11.8. The smallest absolute Gasteiger partial charge is 0.289 e. The zero-order valence-electron chi connectivity index (χ0n) is 12.1. The van der Waals surface area contributed by atoms with Gasteiger partial charge in [-0.15, -0.1) is 0 Å². The predicted octanol–water partition coefficient (Wildman–Crippen LogP) is 1.22. The highest BCUT2D eigenvalue weighted by Crippen LogP contribution is 2.20. The van der Waals surface area contributed by atoms with E-state index in [1.54, 1.807) is 0 Å². The summed E-state index contributed by atoms with van der Waals surface area (Å²) >= 11 is 1.20. The molecule has 0 aromatic carbocycles. The van der Waals surface area contributed by atoms with Crippen LogP contribution in [0, 0.1) is 22.7 Å². The van der Waals surface area contributed by atoms with Crippen LogP contribution in [0.2, 0.25) is 0 Å². The number of H-pyrrole nitrogens is 1. The van der Waals surface area contributed by atoms with Gasteiger partial charge < -0.3 is 5.32 Å². The Morgan fingerprint density at radius 3 is 2.52 bits per heavy atom. The number of aromatic amines is 1. The van der Waals surface area contributed by atoms with Gasteiger partial charge in [0.15, 0.2) is 5.03 Å². The van der Waals surface area contributed by atoms with Gasteiger partial charge in [0.25, 0.3) is 5.82 Å². The Morgan fingerprint density at radius 2 is 2.00 bits per heavy atom. The van der Waals surface area contributed by atoms with E-state index in [1.165, 1.54) is 17.8 Å². The fourth-order valence-corrected chi connectivity index (χ4v) is 2.53. The predicted molar refractivity (Wildman–Crippen MR) is 80.1 cm³/mol. The molecule has 110 valence electrons. The summed E-state index contributed by atoms with van der Waals surface area (Å²) in [7, 11) is 0. The highest BCUT2D eigenvalue weighted by Gasteiger charge is 2.16. The van der Waals surface area contributed by atoms with Crippen molar-refractivity contribution in [2.24, 2.45) is 0 Å². The number of carbonyl (C=O) groups is 1. The molecule has 0 aliphatic carbocycles. The van der Waals surface area contributed by atoms with Crippen LogP contribution in [0.4, 0.5) is 5.82 Å².